The smallest absolute Gasteiger partial charge is 0.137 e. The zero-order valence-corrected chi connectivity index (χ0v) is 17.2. The lowest BCUT2D eigenvalue weighted by molar-refractivity contribution is 0.413. The van der Waals surface area contributed by atoms with Crippen molar-refractivity contribution in [2.45, 2.75) is 20.4 Å². The Labute approximate surface area is 175 Å². The molecule has 0 aliphatic rings. The van der Waals surface area contributed by atoms with Crippen LogP contribution in [0.4, 0.5) is 5.82 Å². The molecule has 0 aliphatic heterocycles. The molecule has 1 N–H and O–H groups in total. The van der Waals surface area contributed by atoms with E-state index in [-0.39, 0.29) is 0 Å². The van der Waals surface area contributed by atoms with Crippen LogP contribution < -0.4 is 10.1 Å². The molecule has 4 aromatic rings. The van der Waals surface area contributed by atoms with Crippen molar-refractivity contribution in [3.05, 3.63) is 66.6 Å². The van der Waals surface area contributed by atoms with Crippen LogP contribution in [-0.2, 0) is 6.54 Å². The van der Waals surface area contributed by atoms with Crippen LogP contribution in [0.2, 0.25) is 0 Å². The number of methoxy groups -OCH3 is 1. The van der Waals surface area contributed by atoms with Gasteiger partial charge in [0.2, 0.25) is 0 Å². The molecular formula is C22H23N7O. The van der Waals surface area contributed by atoms with Crippen LogP contribution in [0.5, 0.6) is 5.75 Å². The maximum atomic E-state index is 5.19. The number of nitrogens with one attached hydrogen (secondary N) is 1. The first-order chi connectivity index (χ1) is 14.7. The van der Waals surface area contributed by atoms with Gasteiger partial charge in [-0.15, -0.1) is 0 Å². The van der Waals surface area contributed by atoms with E-state index in [0.29, 0.717) is 6.54 Å². The first-order valence-corrected chi connectivity index (χ1v) is 9.66. The molecule has 30 heavy (non-hydrogen) atoms. The number of hydrogen-bond acceptors (Lipinski definition) is 7. The van der Waals surface area contributed by atoms with Gasteiger partial charge in [-0.25, -0.2) is 4.98 Å². The van der Waals surface area contributed by atoms with Crippen molar-refractivity contribution in [3.63, 3.8) is 0 Å². The van der Waals surface area contributed by atoms with Crippen LogP contribution in [0.15, 0.2) is 55.2 Å². The van der Waals surface area contributed by atoms with Gasteiger partial charge in [0.15, 0.2) is 0 Å². The number of ether oxygens (including phenoxy) is 1. The Balaban J connectivity index is 1.40. The maximum Gasteiger partial charge on any atom is 0.137 e. The summed E-state index contributed by atoms with van der Waals surface area (Å²) in [6.07, 6.45) is 8.57. The number of nitrogens with zero attached hydrogens (tertiary/aromatic N) is 6. The van der Waals surface area contributed by atoms with Gasteiger partial charge < -0.3 is 10.1 Å². The predicted octanol–water partition coefficient (Wildman–Crippen LogP) is 3.53. The third kappa shape index (κ3) is 4.12. The predicted molar refractivity (Wildman–Crippen MR) is 115 cm³/mol. The molecule has 0 aromatic carbocycles. The van der Waals surface area contributed by atoms with Crippen LogP contribution in [0, 0.1) is 13.8 Å². The second kappa shape index (κ2) is 8.69. The number of aromatic nitrogens is 6. The van der Waals surface area contributed by atoms with Crippen LogP contribution in [0.25, 0.3) is 22.5 Å². The Kier molecular flexibility index (Phi) is 5.65. The van der Waals surface area contributed by atoms with Gasteiger partial charge in [-0.2, -0.15) is 5.10 Å². The standard InChI is InChI=1S/C22H23N7O/c1-15-22(19-6-5-18(30-3)13-26-19)16(2)29(28-15)11-10-25-21-7-4-17(12-27-21)20-14-23-8-9-24-20/h4-9,12-14H,10-11H2,1-3H3,(H,25,27). The summed E-state index contributed by atoms with van der Waals surface area (Å²) >= 11 is 0. The molecule has 0 amide bonds. The molecule has 152 valence electrons. The van der Waals surface area contributed by atoms with E-state index in [4.69, 9.17) is 4.74 Å². The van der Waals surface area contributed by atoms with Crippen LogP contribution in [0.3, 0.4) is 0 Å². The van der Waals surface area contributed by atoms with Gasteiger partial charge in [-0.05, 0) is 38.1 Å². The average molecular weight is 401 g/mol. The van der Waals surface area contributed by atoms with Gasteiger partial charge in [0, 0.05) is 42.0 Å². The van der Waals surface area contributed by atoms with Crippen LogP contribution >= 0.6 is 0 Å². The monoisotopic (exact) mass is 401 g/mol. The summed E-state index contributed by atoms with van der Waals surface area (Å²) in [5.74, 6) is 1.55. The molecule has 4 rings (SSSR count). The lowest BCUT2D eigenvalue weighted by Crippen LogP contribution is -2.13. The maximum absolute atomic E-state index is 5.19. The molecule has 8 heteroatoms. The molecule has 0 bridgehead atoms. The first-order valence-electron chi connectivity index (χ1n) is 9.66. The van der Waals surface area contributed by atoms with E-state index < -0.39 is 0 Å². The van der Waals surface area contributed by atoms with E-state index in [1.807, 2.05) is 35.9 Å². The fourth-order valence-corrected chi connectivity index (χ4v) is 3.32. The quantitative estimate of drug-likeness (QED) is 0.506. The zero-order chi connectivity index (χ0) is 20.9. The summed E-state index contributed by atoms with van der Waals surface area (Å²) in [6, 6.07) is 7.80. The van der Waals surface area contributed by atoms with E-state index in [0.717, 1.165) is 52.0 Å². The Morgan fingerprint density at radius 3 is 2.50 bits per heavy atom. The van der Waals surface area contributed by atoms with Gasteiger partial charge in [-0.3, -0.25) is 19.6 Å². The minimum absolute atomic E-state index is 0.703. The summed E-state index contributed by atoms with van der Waals surface area (Å²) in [5, 5.41) is 8.03. The van der Waals surface area contributed by atoms with Gasteiger partial charge in [-0.1, -0.05) is 0 Å². The van der Waals surface area contributed by atoms with E-state index in [1.54, 1.807) is 38.1 Å². The Morgan fingerprint density at radius 2 is 1.83 bits per heavy atom. The van der Waals surface area contributed by atoms with Gasteiger partial charge in [0.05, 0.1) is 43.1 Å². The Bertz CT molecular complexity index is 1110. The van der Waals surface area contributed by atoms with Gasteiger partial charge >= 0.3 is 0 Å². The molecule has 0 aliphatic carbocycles. The SMILES string of the molecule is COc1ccc(-c2c(C)nn(CCNc3ccc(-c4cnccn4)cn3)c2C)nc1. The summed E-state index contributed by atoms with van der Waals surface area (Å²) in [6.45, 7) is 5.49. The second-order valence-corrected chi connectivity index (χ2v) is 6.80. The second-order valence-electron chi connectivity index (χ2n) is 6.80. The lowest BCUT2D eigenvalue weighted by Gasteiger charge is -2.08. The van der Waals surface area contributed by atoms with Crippen molar-refractivity contribution in [2.24, 2.45) is 0 Å². The van der Waals surface area contributed by atoms with Crippen molar-refractivity contribution in [1.29, 1.82) is 0 Å². The zero-order valence-electron chi connectivity index (χ0n) is 17.2. The number of pyridine rings is 2. The molecule has 4 heterocycles. The summed E-state index contributed by atoms with van der Waals surface area (Å²) < 4.78 is 7.19. The Morgan fingerprint density at radius 1 is 0.933 bits per heavy atom. The van der Waals surface area contributed by atoms with E-state index >= 15 is 0 Å². The third-order valence-corrected chi connectivity index (χ3v) is 4.86. The number of rotatable bonds is 7. The molecule has 0 saturated carbocycles. The molecular weight excluding hydrogens is 378 g/mol. The Hall–Kier alpha value is -3.81. The molecule has 0 fully saturated rings. The molecule has 8 nitrogen and oxygen atoms in total. The van der Waals surface area contributed by atoms with Gasteiger partial charge in [0.25, 0.3) is 0 Å². The topological polar surface area (TPSA) is 90.6 Å². The molecule has 0 spiro atoms. The van der Waals surface area contributed by atoms with E-state index in [9.17, 15) is 0 Å². The fraction of sp³-hybridized carbons (Fsp3) is 0.227. The van der Waals surface area contributed by atoms with Crippen LogP contribution in [-0.4, -0.2) is 43.4 Å². The summed E-state index contributed by atoms with van der Waals surface area (Å²) in [7, 11) is 1.64. The fourth-order valence-electron chi connectivity index (χ4n) is 3.32. The third-order valence-electron chi connectivity index (χ3n) is 4.86. The van der Waals surface area contributed by atoms with Crippen molar-refractivity contribution >= 4 is 5.82 Å². The number of hydrogen-bond donors (Lipinski definition) is 1. The highest BCUT2D eigenvalue weighted by atomic mass is 16.5. The van der Waals surface area contributed by atoms with Crippen molar-refractivity contribution in [1.82, 2.24) is 29.7 Å². The molecule has 0 unspecified atom stereocenters. The van der Waals surface area contributed by atoms with Crippen LogP contribution in [0.1, 0.15) is 11.4 Å². The highest BCUT2D eigenvalue weighted by Gasteiger charge is 2.14. The van der Waals surface area contributed by atoms with Crippen molar-refractivity contribution in [2.75, 3.05) is 19.0 Å². The van der Waals surface area contributed by atoms with Crippen molar-refractivity contribution in [3.8, 4) is 28.3 Å². The normalized spacial score (nSPS) is 10.8. The average Bonchev–Trinajstić information content (AvgIpc) is 3.08. The minimum atomic E-state index is 0.703. The summed E-state index contributed by atoms with van der Waals surface area (Å²) in [5.41, 5.74) is 5.73. The highest BCUT2D eigenvalue weighted by Crippen LogP contribution is 2.26. The largest absolute Gasteiger partial charge is 0.495 e. The molecule has 4 aromatic heterocycles. The minimum Gasteiger partial charge on any atom is -0.495 e. The number of anilines is 1. The first kappa shape index (κ1) is 19.5. The summed E-state index contributed by atoms with van der Waals surface area (Å²) in [4.78, 5) is 17.3. The van der Waals surface area contributed by atoms with Crippen molar-refractivity contribution < 1.29 is 4.74 Å². The number of aryl methyl sites for hydroxylation is 1. The molecule has 0 saturated heterocycles. The highest BCUT2D eigenvalue weighted by molar-refractivity contribution is 5.65. The van der Waals surface area contributed by atoms with E-state index in [2.05, 4.69) is 37.3 Å². The molecule has 0 atom stereocenters. The lowest BCUT2D eigenvalue weighted by atomic mass is 10.1. The molecule has 0 radical (unpaired) electrons. The van der Waals surface area contributed by atoms with Gasteiger partial charge in [0.1, 0.15) is 11.6 Å². The van der Waals surface area contributed by atoms with E-state index in [1.165, 1.54) is 0 Å².